The number of rotatable bonds is 11. The van der Waals surface area contributed by atoms with Crippen LogP contribution in [0.4, 0.5) is 5.69 Å². The summed E-state index contributed by atoms with van der Waals surface area (Å²) in [6, 6.07) is 11.1. The van der Waals surface area contributed by atoms with Gasteiger partial charge in [-0.2, -0.15) is 0 Å². The SMILES string of the molecule is CCc1ccccc1N(CC(=O)N(Cc1ccc(Cl)c(Cl)c1)[C@@H](C)C(=O)N[C@@H](C)CC)S(C)(=O)=O. The minimum Gasteiger partial charge on any atom is -0.352 e. The normalized spacial score (nSPS) is 13.1. The van der Waals surface area contributed by atoms with E-state index in [4.69, 9.17) is 23.2 Å². The smallest absolute Gasteiger partial charge is 0.244 e. The predicted octanol–water partition coefficient (Wildman–Crippen LogP) is 4.65. The Morgan fingerprint density at radius 2 is 1.69 bits per heavy atom. The first-order valence-electron chi connectivity index (χ1n) is 11.5. The Hall–Kier alpha value is -2.29. The third-order valence-corrected chi connectivity index (χ3v) is 7.69. The highest BCUT2D eigenvalue weighted by atomic mass is 35.5. The Bertz CT molecular complexity index is 1160. The first-order chi connectivity index (χ1) is 16.4. The maximum atomic E-state index is 13.6. The molecule has 0 bridgehead atoms. The molecule has 10 heteroatoms. The number of carbonyl (C=O) groups excluding carboxylic acids is 2. The zero-order chi connectivity index (χ0) is 26.3. The van der Waals surface area contributed by atoms with Gasteiger partial charge in [0.25, 0.3) is 0 Å². The van der Waals surface area contributed by atoms with Crippen molar-refractivity contribution >= 4 is 50.7 Å². The van der Waals surface area contributed by atoms with E-state index in [0.29, 0.717) is 27.7 Å². The van der Waals surface area contributed by atoms with Gasteiger partial charge in [0.1, 0.15) is 12.6 Å². The molecule has 0 saturated carbocycles. The second-order valence-electron chi connectivity index (χ2n) is 8.52. The number of benzene rings is 2. The minimum atomic E-state index is -3.79. The van der Waals surface area contributed by atoms with Crippen molar-refractivity contribution in [2.75, 3.05) is 17.1 Å². The van der Waals surface area contributed by atoms with Crippen molar-refractivity contribution in [3.63, 3.8) is 0 Å². The molecule has 0 radical (unpaired) electrons. The monoisotopic (exact) mass is 541 g/mol. The molecule has 2 aromatic rings. The van der Waals surface area contributed by atoms with Crippen LogP contribution in [0.3, 0.4) is 0 Å². The molecule has 0 aromatic heterocycles. The molecule has 0 unspecified atom stereocenters. The Balaban J connectivity index is 2.45. The van der Waals surface area contributed by atoms with E-state index in [9.17, 15) is 18.0 Å². The third kappa shape index (κ3) is 7.85. The van der Waals surface area contributed by atoms with Gasteiger partial charge in [-0.3, -0.25) is 13.9 Å². The van der Waals surface area contributed by atoms with Crippen LogP contribution >= 0.6 is 23.2 Å². The van der Waals surface area contributed by atoms with Crippen LogP contribution in [0.25, 0.3) is 0 Å². The summed E-state index contributed by atoms with van der Waals surface area (Å²) in [7, 11) is -3.79. The summed E-state index contributed by atoms with van der Waals surface area (Å²) in [6.45, 7) is 6.97. The number of hydrogen-bond donors (Lipinski definition) is 1. The lowest BCUT2D eigenvalue weighted by atomic mass is 10.1. The number of nitrogens with one attached hydrogen (secondary N) is 1. The number of para-hydroxylation sites is 1. The van der Waals surface area contributed by atoms with E-state index in [1.165, 1.54) is 4.90 Å². The Morgan fingerprint density at radius 1 is 1.03 bits per heavy atom. The Labute approximate surface area is 218 Å². The minimum absolute atomic E-state index is 0.0534. The van der Waals surface area contributed by atoms with Crippen molar-refractivity contribution < 1.29 is 18.0 Å². The average molecular weight is 543 g/mol. The average Bonchev–Trinajstić information content (AvgIpc) is 2.81. The van der Waals surface area contributed by atoms with Gasteiger partial charge in [0.15, 0.2) is 0 Å². The van der Waals surface area contributed by atoms with Gasteiger partial charge in [-0.25, -0.2) is 8.42 Å². The van der Waals surface area contributed by atoms with Crippen molar-refractivity contribution in [1.29, 1.82) is 0 Å². The summed E-state index contributed by atoms with van der Waals surface area (Å²) in [5.74, 6) is -0.841. The van der Waals surface area contributed by atoms with Gasteiger partial charge in [-0.05, 0) is 56.0 Å². The van der Waals surface area contributed by atoms with Crippen LogP contribution in [0.5, 0.6) is 0 Å². The van der Waals surface area contributed by atoms with Gasteiger partial charge in [-0.15, -0.1) is 0 Å². The van der Waals surface area contributed by atoms with E-state index in [2.05, 4.69) is 5.32 Å². The fourth-order valence-electron chi connectivity index (χ4n) is 3.53. The highest BCUT2D eigenvalue weighted by molar-refractivity contribution is 7.92. The van der Waals surface area contributed by atoms with Gasteiger partial charge in [-0.1, -0.05) is 61.3 Å². The maximum Gasteiger partial charge on any atom is 0.244 e. The van der Waals surface area contributed by atoms with E-state index in [-0.39, 0.29) is 18.5 Å². The summed E-state index contributed by atoms with van der Waals surface area (Å²) in [6.07, 6.45) is 2.39. The van der Waals surface area contributed by atoms with Crippen LogP contribution in [-0.4, -0.2) is 50.0 Å². The number of sulfonamides is 1. The summed E-state index contributed by atoms with van der Waals surface area (Å²) in [4.78, 5) is 27.9. The largest absolute Gasteiger partial charge is 0.352 e. The molecule has 35 heavy (non-hydrogen) atoms. The van der Waals surface area contributed by atoms with Crippen LogP contribution in [0, 0.1) is 0 Å². The van der Waals surface area contributed by atoms with Gasteiger partial charge >= 0.3 is 0 Å². The summed E-state index contributed by atoms with van der Waals surface area (Å²) >= 11 is 12.2. The van der Waals surface area contributed by atoms with Crippen molar-refractivity contribution in [3.05, 3.63) is 63.6 Å². The van der Waals surface area contributed by atoms with Crippen molar-refractivity contribution in [2.24, 2.45) is 0 Å². The summed E-state index contributed by atoms with van der Waals surface area (Å²) in [5, 5.41) is 3.59. The fraction of sp³-hybridized carbons (Fsp3) is 0.440. The molecule has 2 aromatic carbocycles. The lowest BCUT2D eigenvalue weighted by Gasteiger charge is -2.32. The van der Waals surface area contributed by atoms with Crippen LogP contribution in [0.1, 0.15) is 45.2 Å². The van der Waals surface area contributed by atoms with Crippen molar-refractivity contribution in [2.45, 2.75) is 59.2 Å². The zero-order valence-corrected chi connectivity index (χ0v) is 23.0. The zero-order valence-electron chi connectivity index (χ0n) is 20.7. The molecule has 1 N–H and O–H groups in total. The Kier molecular flexibility index (Phi) is 10.4. The maximum absolute atomic E-state index is 13.6. The van der Waals surface area contributed by atoms with Gasteiger partial charge in [0.2, 0.25) is 21.8 Å². The van der Waals surface area contributed by atoms with Gasteiger partial charge in [0, 0.05) is 12.6 Å². The molecule has 2 rings (SSSR count). The fourth-order valence-corrected chi connectivity index (χ4v) is 4.73. The first kappa shape index (κ1) is 28.9. The van der Waals surface area contributed by atoms with Gasteiger partial charge < -0.3 is 10.2 Å². The topological polar surface area (TPSA) is 86.8 Å². The van der Waals surface area contributed by atoms with Crippen LogP contribution in [0.15, 0.2) is 42.5 Å². The van der Waals surface area contributed by atoms with E-state index in [0.717, 1.165) is 22.5 Å². The predicted molar refractivity (Wildman–Crippen MR) is 142 cm³/mol. The summed E-state index contributed by atoms with van der Waals surface area (Å²) in [5.41, 5.74) is 1.90. The molecule has 0 fully saturated rings. The van der Waals surface area contributed by atoms with E-state index in [1.54, 1.807) is 37.3 Å². The number of aryl methyl sites for hydroxylation is 1. The van der Waals surface area contributed by atoms with E-state index < -0.39 is 28.5 Å². The first-order valence-corrected chi connectivity index (χ1v) is 14.1. The van der Waals surface area contributed by atoms with Crippen LogP contribution < -0.4 is 9.62 Å². The molecule has 2 atom stereocenters. The van der Waals surface area contributed by atoms with Crippen molar-refractivity contribution in [3.8, 4) is 0 Å². The molecular weight excluding hydrogens is 509 g/mol. The standard InChI is InChI=1S/C25H33Cl2N3O4S/c1-6-17(3)28-25(32)18(4)29(15-19-12-13-21(26)22(27)14-19)24(31)16-30(35(5,33)34)23-11-9-8-10-20(23)7-2/h8-14,17-18H,6-7,15-16H2,1-5H3,(H,28,32)/t17-,18-/m0/s1. The molecule has 0 saturated heterocycles. The molecule has 0 spiro atoms. The van der Waals surface area contributed by atoms with Gasteiger partial charge in [0.05, 0.1) is 22.0 Å². The third-order valence-electron chi connectivity index (χ3n) is 5.83. The number of hydrogen-bond acceptors (Lipinski definition) is 4. The molecule has 0 heterocycles. The highest BCUT2D eigenvalue weighted by Gasteiger charge is 2.31. The molecule has 0 aliphatic rings. The molecular formula is C25H33Cl2N3O4S. The van der Waals surface area contributed by atoms with E-state index >= 15 is 0 Å². The second-order valence-corrected chi connectivity index (χ2v) is 11.2. The van der Waals surface area contributed by atoms with E-state index in [1.807, 2.05) is 32.9 Å². The number of nitrogens with zero attached hydrogens (tertiary/aromatic N) is 2. The lowest BCUT2D eigenvalue weighted by Crippen LogP contribution is -2.52. The number of anilines is 1. The highest BCUT2D eigenvalue weighted by Crippen LogP contribution is 2.26. The van der Waals surface area contributed by atoms with Crippen LogP contribution in [-0.2, 0) is 32.6 Å². The quantitative estimate of drug-likeness (QED) is 0.448. The summed E-state index contributed by atoms with van der Waals surface area (Å²) < 4.78 is 26.6. The molecule has 192 valence electrons. The molecule has 2 amide bonds. The van der Waals surface area contributed by atoms with Crippen LogP contribution in [0.2, 0.25) is 10.0 Å². The molecule has 0 aliphatic carbocycles. The lowest BCUT2D eigenvalue weighted by molar-refractivity contribution is -0.139. The number of amides is 2. The Morgan fingerprint density at radius 3 is 2.26 bits per heavy atom. The second kappa shape index (κ2) is 12.6. The number of carbonyl (C=O) groups is 2. The molecule has 0 aliphatic heterocycles. The number of halogens is 2. The molecule has 7 nitrogen and oxygen atoms in total. The van der Waals surface area contributed by atoms with Crippen molar-refractivity contribution in [1.82, 2.24) is 10.2 Å².